The first-order valence-corrected chi connectivity index (χ1v) is 8.23. The van der Waals surface area contributed by atoms with Crippen molar-refractivity contribution in [2.75, 3.05) is 0 Å². The zero-order chi connectivity index (χ0) is 17.6. The summed E-state index contributed by atoms with van der Waals surface area (Å²) in [5, 5.41) is 0. The molecule has 0 bridgehead atoms. The van der Waals surface area contributed by atoms with Crippen LogP contribution < -0.4 is 10.5 Å². The summed E-state index contributed by atoms with van der Waals surface area (Å²) in [5.41, 5.74) is 7.93. The van der Waals surface area contributed by atoms with Crippen LogP contribution in [0, 0.1) is 12.7 Å². The molecule has 0 atom stereocenters. The van der Waals surface area contributed by atoms with Gasteiger partial charge in [-0.25, -0.2) is 9.37 Å². The maximum absolute atomic E-state index is 13.6. The molecule has 4 rings (SSSR count). The van der Waals surface area contributed by atoms with Gasteiger partial charge in [-0.2, -0.15) is 0 Å². The number of carbonyl (C=O) groups is 1. The van der Waals surface area contributed by atoms with Gasteiger partial charge in [0.05, 0.1) is 5.69 Å². The third-order valence-electron chi connectivity index (χ3n) is 4.78. The van der Waals surface area contributed by atoms with E-state index in [4.69, 9.17) is 10.5 Å². The minimum Gasteiger partial charge on any atom is -0.490 e. The SMILES string of the molecule is Cc1c(F)cccc1OC1CC(c2nc3ccccn3c2C(N)=O)C1. The molecule has 1 saturated carbocycles. The molecule has 25 heavy (non-hydrogen) atoms. The Kier molecular flexibility index (Phi) is 3.67. The molecule has 1 amide bonds. The highest BCUT2D eigenvalue weighted by molar-refractivity contribution is 5.93. The molecule has 0 saturated heterocycles. The molecule has 0 unspecified atom stereocenters. The Hall–Kier alpha value is -2.89. The lowest BCUT2D eigenvalue weighted by atomic mass is 9.79. The molecule has 2 aromatic heterocycles. The van der Waals surface area contributed by atoms with Crippen molar-refractivity contribution in [3.63, 3.8) is 0 Å². The number of hydrogen-bond donors (Lipinski definition) is 1. The summed E-state index contributed by atoms with van der Waals surface area (Å²) in [6, 6.07) is 10.4. The van der Waals surface area contributed by atoms with Gasteiger partial charge in [0, 0.05) is 17.7 Å². The summed E-state index contributed by atoms with van der Waals surface area (Å²) >= 11 is 0. The molecule has 6 heteroatoms. The zero-order valence-electron chi connectivity index (χ0n) is 13.8. The van der Waals surface area contributed by atoms with E-state index in [2.05, 4.69) is 4.98 Å². The normalized spacial score (nSPS) is 19.6. The minimum atomic E-state index is -0.487. The molecule has 0 spiro atoms. The van der Waals surface area contributed by atoms with Crippen LogP contribution in [0.3, 0.4) is 0 Å². The van der Waals surface area contributed by atoms with E-state index < -0.39 is 5.91 Å². The largest absolute Gasteiger partial charge is 0.490 e. The monoisotopic (exact) mass is 339 g/mol. The lowest BCUT2D eigenvalue weighted by Gasteiger charge is -2.35. The van der Waals surface area contributed by atoms with Crippen LogP contribution in [0.15, 0.2) is 42.6 Å². The van der Waals surface area contributed by atoms with Crippen LogP contribution in [0.5, 0.6) is 5.75 Å². The molecule has 1 fully saturated rings. The second kappa shape index (κ2) is 5.88. The highest BCUT2D eigenvalue weighted by Gasteiger charge is 2.37. The number of hydrogen-bond acceptors (Lipinski definition) is 3. The predicted molar refractivity (Wildman–Crippen MR) is 91.2 cm³/mol. The fourth-order valence-electron chi connectivity index (χ4n) is 3.32. The number of imidazole rings is 1. The molecule has 1 aromatic carbocycles. The number of ether oxygens (including phenoxy) is 1. The number of aromatic nitrogens is 2. The summed E-state index contributed by atoms with van der Waals surface area (Å²) in [7, 11) is 0. The van der Waals surface area contributed by atoms with Crippen LogP contribution >= 0.6 is 0 Å². The van der Waals surface area contributed by atoms with Crippen molar-refractivity contribution in [1.82, 2.24) is 9.38 Å². The Labute approximate surface area is 144 Å². The van der Waals surface area contributed by atoms with E-state index >= 15 is 0 Å². The van der Waals surface area contributed by atoms with E-state index in [0.717, 1.165) is 18.5 Å². The van der Waals surface area contributed by atoms with Crippen LogP contribution in [0.2, 0.25) is 0 Å². The van der Waals surface area contributed by atoms with E-state index in [-0.39, 0.29) is 17.8 Å². The first-order valence-electron chi connectivity index (χ1n) is 8.23. The van der Waals surface area contributed by atoms with Crippen molar-refractivity contribution in [3.05, 3.63) is 65.4 Å². The number of halogens is 1. The zero-order valence-corrected chi connectivity index (χ0v) is 13.8. The maximum Gasteiger partial charge on any atom is 0.267 e. The fraction of sp³-hybridized carbons (Fsp3) is 0.263. The number of rotatable bonds is 4. The van der Waals surface area contributed by atoms with Crippen molar-refractivity contribution in [1.29, 1.82) is 0 Å². The van der Waals surface area contributed by atoms with E-state index in [0.29, 0.717) is 22.7 Å². The van der Waals surface area contributed by atoms with Gasteiger partial charge < -0.3 is 10.5 Å². The second-order valence-corrected chi connectivity index (χ2v) is 6.41. The van der Waals surface area contributed by atoms with E-state index in [9.17, 15) is 9.18 Å². The van der Waals surface area contributed by atoms with Crippen LogP contribution in [-0.2, 0) is 0 Å². The van der Waals surface area contributed by atoms with Gasteiger partial charge in [0.25, 0.3) is 5.91 Å². The van der Waals surface area contributed by atoms with Crippen LogP contribution in [0.1, 0.15) is 40.5 Å². The maximum atomic E-state index is 13.6. The van der Waals surface area contributed by atoms with Crippen molar-refractivity contribution < 1.29 is 13.9 Å². The average Bonchev–Trinajstić information content (AvgIpc) is 2.93. The Morgan fingerprint density at radius 3 is 2.84 bits per heavy atom. The Morgan fingerprint density at radius 1 is 1.28 bits per heavy atom. The highest BCUT2D eigenvalue weighted by atomic mass is 19.1. The molecule has 3 aromatic rings. The first-order chi connectivity index (χ1) is 12.0. The van der Waals surface area contributed by atoms with Gasteiger partial charge in [-0.1, -0.05) is 12.1 Å². The number of nitrogens with two attached hydrogens (primary N) is 1. The summed E-state index contributed by atoms with van der Waals surface area (Å²) in [6.45, 7) is 1.70. The van der Waals surface area contributed by atoms with Gasteiger partial charge in [0.2, 0.25) is 0 Å². The molecule has 0 aliphatic heterocycles. The summed E-state index contributed by atoms with van der Waals surface area (Å²) in [4.78, 5) is 16.5. The topological polar surface area (TPSA) is 69.6 Å². The van der Waals surface area contributed by atoms with E-state index in [1.807, 2.05) is 18.2 Å². The molecule has 1 aliphatic rings. The number of primary amides is 1. The van der Waals surface area contributed by atoms with Gasteiger partial charge in [-0.3, -0.25) is 9.20 Å². The second-order valence-electron chi connectivity index (χ2n) is 6.41. The third kappa shape index (κ3) is 2.63. The van der Waals surface area contributed by atoms with E-state index in [1.54, 1.807) is 29.7 Å². The Morgan fingerprint density at radius 2 is 2.08 bits per heavy atom. The van der Waals surface area contributed by atoms with Crippen LogP contribution in [-0.4, -0.2) is 21.4 Å². The van der Waals surface area contributed by atoms with Gasteiger partial charge in [0.15, 0.2) is 0 Å². The number of amides is 1. The Balaban J connectivity index is 1.54. The first kappa shape index (κ1) is 15.6. The molecule has 1 aliphatic carbocycles. The third-order valence-corrected chi connectivity index (χ3v) is 4.78. The van der Waals surface area contributed by atoms with Crippen molar-refractivity contribution in [3.8, 4) is 5.75 Å². The van der Waals surface area contributed by atoms with Gasteiger partial charge >= 0.3 is 0 Å². The van der Waals surface area contributed by atoms with Crippen LogP contribution in [0.4, 0.5) is 4.39 Å². The van der Waals surface area contributed by atoms with Gasteiger partial charge in [0.1, 0.15) is 29.0 Å². The fourth-order valence-corrected chi connectivity index (χ4v) is 3.32. The number of fused-ring (bicyclic) bond motifs is 1. The summed E-state index contributed by atoms with van der Waals surface area (Å²) in [5.74, 6) is -0.0846. The van der Waals surface area contributed by atoms with Crippen molar-refractivity contribution >= 4 is 11.6 Å². The molecule has 2 heterocycles. The molecular weight excluding hydrogens is 321 g/mol. The van der Waals surface area contributed by atoms with Crippen LogP contribution in [0.25, 0.3) is 5.65 Å². The molecule has 128 valence electrons. The number of pyridine rings is 1. The molecule has 2 N–H and O–H groups in total. The standard InChI is InChI=1S/C19H18FN3O2/c1-11-14(20)5-4-6-15(11)25-13-9-12(10-13)17-18(19(21)24)23-8-3-2-7-16(23)22-17/h2-8,12-13H,9-10H2,1H3,(H2,21,24). The number of carbonyl (C=O) groups excluding carboxylic acids is 1. The predicted octanol–water partition coefficient (Wildman–Crippen LogP) is 3.21. The van der Waals surface area contributed by atoms with Gasteiger partial charge in [-0.15, -0.1) is 0 Å². The summed E-state index contributed by atoms with van der Waals surface area (Å²) in [6.07, 6.45) is 3.21. The lowest BCUT2D eigenvalue weighted by Crippen LogP contribution is -2.34. The lowest BCUT2D eigenvalue weighted by molar-refractivity contribution is 0.0923. The molecular formula is C19H18FN3O2. The Bertz CT molecular complexity index is 960. The number of nitrogens with zero attached hydrogens (tertiary/aromatic N) is 2. The number of benzene rings is 1. The smallest absolute Gasteiger partial charge is 0.267 e. The van der Waals surface area contributed by atoms with E-state index in [1.165, 1.54) is 6.07 Å². The quantitative estimate of drug-likeness (QED) is 0.793. The van der Waals surface area contributed by atoms with Crippen molar-refractivity contribution in [2.45, 2.75) is 31.8 Å². The van der Waals surface area contributed by atoms with Gasteiger partial charge in [-0.05, 0) is 44.0 Å². The minimum absolute atomic E-state index is 0.0176. The summed E-state index contributed by atoms with van der Waals surface area (Å²) < 4.78 is 21.2. The molecule has 0 radical (unpaired) electrons. The molecule has 5 nitrogen and oxygen atoms in total. The average molecular weight is 339 g/mol. The van der Waals surface area contributed by atoms with Crippen molar-refractivity contribution in [2.24, 2.45) is 5.73 Å². The highest BCUT2D eigenvalue weighted by Crippen LogP contribution is 2.40.